The fourth-order valence-corrected chi connectivity index (χ4v) is 7.88. The molecule has 2 N–H and O–H groups in total. The van der Waals surface area contributed by atoms with Crippen molar-refractivity contribution >= 4 is 28.5 Å². The predicted molar refractivity (Wildman–Crippen MR) is 180 cm³/mol. The quantitative estimate of drug-likeness (QED) is 0.229. The van der Waals surface area contributed by atoms with Gasteiger partial charge in [0.05, 0.1) is 29.7 Å². The summed E-state index contributed by atoms with van der Waals surface area (Å²) < 4.78 is 15.1. The van der Waals surface area contributed by atoms with Crippen LogP contribution in [0.5, 0.6) is 0 Å². The highest BCUT2D eigenvalue weighted by molar-refractivity contribution is 5.98. The van der Waals surface area contributed by atoms with Crippen LogP contribution in [0.3, 0.4) is 0 Å². The van der Waals surface area contributed by atoms with Gasteiger partial charge >= 0.3 is 0 Å². The molecular weight excluding hydrogens is 595 g/mol. The van der Waals surface area contributed by atoms with Gasteiger partial charge in [-0.3, -0.25) is 19.1 Å². The Bertz CT molecular complexity index is 1890. The fraction of sp³-hybridized carbons (Fsp3) is 0.444. The summed E-state index contributed by atoms with van der Waals surface area (Å²) in [5, 5.41) is 7.01. The van der Waals surface area contributed by atoms with Crippen LogP contribution in [0.2, 0.25) is 0 Å². The highest BCUT2D eigenvalue weighted by atomic mass is 19.1. The molecule has 4 aliphatic rings. The number of hydrogen-bond acceptors (Lipinski definition) is 6. The van der Waals surface area contributed by atoms with E-state index in [4.69, 9.17) is 9.98 Å². The number of fused-ring (bicyclic) bond motifs is 3. The summed E-state index contributed by atoms with van der Waals surface area (Å²) in [5.74, 6) is 2.46. The second-order valence-electron chi connectivity index (χ2n) is 14.0. The average molecular weight is 637 g/mol. The zero-order chi connectivity index (χ0) is 32.9. The summed E-state index contributed by atoms with van der Waals surface area (Å²) in [5.41, 5.74) is 2.77. The van der Waals surface area contributed by atoms with Gasteiger partial charge in [0.2, 0.25) is 5.91 Å². The maximum absolute atomic E-state index is 14.0. The van der Waals surface area contributed by atoms with Gasteiger partial charge in [0, 0.05) is 37.2 Å². The van der Waals surface area contributed by atoms with E-state index in [1.807, 2.05) is 24.0 Å². The van der Waals surface area contributed by atoms with Crippen molar-refractivity contribution in [3.05, 3.63) is 82.8 Å². The molecule has 5 atom stereocenters. The van der Waals surface area contributed by atoms with Crippen LogP contribution in [0, 0.1) is 29.0 Å². The molecule has 1 amide bonds. The SMILES string of the molecule is C[C@@H]1[C@@H](N=C(Nc2ccc3c(=O)n(CCc4ccc(F)cc4)c(-c4cnccn4)nc3c2)N2CC(=O)N[C@@H](C)C2)C[C@H]2C[C@@H]1C2(C)C. The van der Waals surface area contributed by atoms with Crippen molar-refractivity contribution in [1.29, 1.82) is 0 Å². The van der Waals surface area contributed by atoms with Gasteiger partial charge in [-0.1, -0.05) is 32.9 Å². The van der Waals surface area contributed by atoms with Crippen LogP contribution in [-0.2, 0) is 17.8 Å². The first-order valence-electron chi connectivity index (χ1n) is 16.5. The second-order valence-corrected chi connectivity index (χ2v) is 14.0. The summed E-state index contributed by atoms with van der Waals surface area (Å²) >= 11 is 0. The van der Waals surface area contributed by atoms with Gasteiger partial charge in [0.15, 0.2) is 11.8 Å². The van der Waals surface area contributed by atoms with E-state index < -0.39 is 0 Å². The molecule has 47 heavy (non-hydrogen) atoms. The Hall–Kier alpha value is -4.67. The first-order chi connectivity index (χ1) is 22.6. The molecule has 2 bridgehead atoms. The fourth-order valence-electron chi connectivity index (χ4n) is 7.88. The zero-order valence-electron chi connectivity index (χ0n) is 27.3. The van der Waals surface area contributed by atoms with E-state index in [0.29, 0.717) is 71.1 Å². The van der Waals surface area contributed by atoms with Crippen LogP contribution in [0.25, 0.3) is 22.4 Å². The normalized spacial score (nSPS) is 25.3. The number of aliphatic imine (C=N–C) groups is 1. The Labute approximate surface area is 273 Å². The zero-order valence-corrected chi connectivity index (χ0v) is 27.3. The molecule has 11 heteroatoms. The average Bonchev–Trinajstić information content (AvgIpc) is 3.05. The largest absolute Gasteiger partial charge is 0.350 e. The van der Waals surface area contributed by atoms with Crippen molar-refractivity contribution in [2.45, 2.75) is 65.6 Å². The molecule has 4 aromatic rings. The first-order valence-corrected chi connectivity index (χ1v) is 16.5. The minimum Gasteiger partial charge on any atom is -0.350 e. The van der Waals surface area contributed by atoms with Crippen molar-refractivity contribution in [2.75, 3.05) is 18.4 Å². The standard InChI is InChI=1S/C36H41FN8O2/c1-21-19-44(20-32(46)40-21)35(43-29-16-24-15-28(22(29)2)36(24,3)4)41-26-9-10-27-30(17-26)42-33(31-18-38-12-13-39-31)45(34(27)47)14-11-23-5-7-25(37)8-6-23/h5-10,12-13,17-18,21-22,24,28-29H,11,14-16,19-20H2,1-4H3,(H,40,46)(H,41,43)/t21-,22-,24+,28-,29-/m0/s1. The van der Waals surface area contributed by atoms with Crippen LogP contribution < -0.4 is 16.2 Å². The molecule has 8 rings (SSSR count). The van der Waals surface area contributed by atoms with Gasteiger partial charge in [-0.05, 0) is 85.3 Å². The Balaban J connectivity index is 1.24. The van der Waals surface area contributed by atoms with Crippen molar-refractivity contribution in [3.63, 3.8) is 0 Å². The van der Waals surface area contributed by atoms with Gasteiger partial charge in [-0.25, -0.2) is 19.4 Å². The topological polar surface area (TPSA) is 117 Å². The molecule has 1 saturated heterocycles. The van der Waals surface area contributed by atoms with Crippen molar-refractivity contribution in [2.24, 2.45) is 28.2 Å². The van der Waals surface area contributed by atoms with E-state index in [1.54, 1.807) is 41.4 Å². The minimum atomic E-state index is -0.303. The number of halogens is 1. The van der Waals surface area contributed by atoms with Crippen molar-refractivity contribution < 1.29 is 9.18 Å². The monoisotopic (exact) mass is 636 g/mol. The number of hydrogen-bond donors (Lipinski definition) is 2. The smallest absolute Gasteiger partial charge is 0.261 e. The summed E-state index contributed by atoms with van der Waals surface area (Å²) in [7, 11) is 0. The van der Waals surface area contributed by atoms with Gasteiger partial charge in [-0.15, -0.1) is 0 Å². The van der Waals surface area contributed by atoms with Gasteiger partial charge < -0.3 is 15.5 Å². The van der Waals surface area contributed by atoms with Crippen molar-refractivity contribution in [3.8, 4) is 11.5 Å². The van der Waals surface area contributed by atoms with Crippen molar-refractivity contribution in [1.82, 2.24) is 29.7 Å². The van der Waals surface area contributed by atoms with E-state index in [-0.39, 0.29) is 35.9 Å². The number of aromatic nitrogens is 4. The molecule has 0 spiro atoms. The van der Waals surface area contributed by atoms with Crippen LogP contribution in [0.1, 0.15) is 46.1 Å². The third-order valence-corrected chi connectivity index (χ3v) is 10.7. The Morgan fingerprint density at radius 1 is 1.11 bits per heavy atom. The third-order valence-electron chi connectivity index (χ3n) is 10.7. The molecule has 10 nitrogen and oxygen atoms in total. The number of benzene rings is 2. The number of aryl methyl sites for hydroxylation is 1. The Kier molecular flexibility index (Phi) is 8.01. The summed E-state index contributed by atoms with van der Waals surface area (Å²) in [6, 6.07) is 11.9. The molecule has 3 aliphatic carbocycles. The molecule has 4 fully saturated rings. The van der Waals surface area contributed by atoms with Gasteiger partial charge in [0.1, 0.15) is 11.5 Å². The first kappa shape index (κ1) is 31.0. The molecule has 2 aromatic heterocycles. The van der Waals surface area contributed by atoms with Crippen LogP contribution in [0.4, 0.5) is 10.1 Å². The minimum absolute atomic E-state index is 0.0134. The van der Waals surface area contributed by atoms with Crippen LogP contribution in [-0.4, -0.2) is 61.5 Å². The number of carbonyl (C=O) groups is 1. The number of piperazine rings is 1. The Morgan fingerprint density at radius 2 is 1.91 bits per heavy atom. The van der Waals surface area contributed by atoms with E-state index in [0.717, 1.165) is 17.7 Å². The summed E-state index contributed by atoms with van der Waals surface area (Å²) in [6.07, 6.45) is 7.55. The lowest BCUT2D eigenvalue weighted by Gasteiger charge is -2.61. The molecule has 3 saturated carbocycles. The third kappa shape index (κ3) is 5.99. The number of amides is 1. The maximum atomic E-state index is 14.0. The lowest BCUT2D eigenvalue weighted by Crippen LogP contribution is -2.58. The number of guanidine groups is 1. The molecule has 1 aliphatic heterocycles. The molecular formula is C36H41FN8O2. The van der Waals surface area contributed by atoms with Gasteiger partial charge in [-0.2, -0.15) is 0 Å². The Morgan fingerprint density at radius 3 is 2.62 bits per heavy atom. The van der Waals surface area contributed by atoms with Gasteiger partial charge in [0.25, 0.3) is 5.56 Å². The highest BCUT2D eigenvalue weighted by Crippen LogP contribution is 2.61. The summed E-state index contributed by atoms with van der Waals surface area (Å²) in [4.78, 5) is 47.5. The van der Waals surface area contributed by atoms with E-state index >= 15 is 0 Å². The van der Waals surface area contributed by atoms with Crippen LogP contribution >= 0.6 is 0 Å². The summed E-state index contributed by atoms with van der Waals surface area (Å²) in [6.45, 7) is 10.3. The predicted octanol–water partition coefficient (Wildman–Crippen LogP) is 4.89. The maximum Gasteiger partial charge on any atom is 0.261 e. The highest BCUT2D eigenvalue weighted by Gasteiger charge is 2.56. The molecule has 244 valence electrons. The number of carbonyl (C=O) groups excluding carboxylic acids is 1. The lowest BCUT2D eigenvalue weighted by atomic mass is 9.45. The molecule has 3 heterocycles. The van der Waals surface area contributed by atoms with E-state index in [2.05, 4.69) is 41.4 Å². The second kappa shape index (κ2) is 12.2. The number of nitrogens with one attached hydrogen (secondary N) is 2. The lowest BCUT2D eigenvalue weighted by molar-refractivity contribution is -0.124. The number of anilines is 1. The van der Waals surface area contributed by atoms with E-state index in [1.165, 1.54) is 18.6 Å². The number of rotatable bonds is 6. The number of nitrogens with zero attached hydrogens (tertiary/aromatic N) is 6. The molecule has 2 aromatic carbocycles. The molecule has 0 radical (unpaired) electrons. The molecule has 0 unspecified atom stereocenters. The van der Waals surface area contributed by atoms with E-state index in [9.17, 15) is 14.0 Å². The van der Waals surface area contributed by atoms with Crippen LogP contribution in [0.15, 0.2) is 70.8 Å².